The van der Waals surface area contributed by atoms with E-state index in [4.69, 9.17) is 24.2 Å². The summed E-state index contributed by atoms with van der Waals surface area (Å²) < 4.78 is 7.53. The maximum absolute atomic E-state index is 13.2. The smallest absolute Gasteiger partial charge is 0.255 e. The van der Waals surface area contributed by atoms with E-state index in [1.807, 2.05) is 79.7 Å². The molecule has 6 heteroatoms. The maximum atomic E-state index is 13.2. The van der Waals surface area contributed by atoms with Crippen molar-refractivity contribution in [1.82, 2.24) is 9.88 Å². The van der Waals surface area contributed by atoms with Crippen molar-refractivity contribution >= 4 is 30.4 Å². The molecule has 0 aliphatic carbocycles. The Morgan fingerprint density at radius 1 is 1.22 bits per heavy atom. The van der Waals surface area contributed by atoms with Crippen LogP contribution < -0.4 is 15.6 Å². The minimum absolute atomic E-state index is 0.0708. The second-order valence-corrected chi connectivity index (χ2v) is 7.83. The molecule has 0 aliphatic rings. The third-order valence-corrected chi connectivity index (χ3v) is 5.09. The Kier molecular flexibility index (Phi) is 8.54. The van der Waals surface area contributed by atoms with E-state index >= 15 is 0 Å². The van der Waals surface area contributed by atoms with Gasteiger partial charge in [0.1, 0.15) is 20.2 Å². The van der Waals surface area contributed by atoms with E-state index in [2.05, 4.69) is 11.9 Å². The summed E-state index contributed by atoms with van der Waals surface area (Å²) >= 11 is 6.21. The van der Waals surface area contributed by atoms with Crippen molar-refractivity contribution < 1.29 is 4.74 Å². The molecule has 1 N–H and O–H groups in total. The van der Waals surface area contributed by atoms with Gasteiger partial charge in [-0.1, -0.05) is 66.1 Å². The van der Waals surface area contributed by atoms with E-state index in [0.29, 0.717) is 42.3 Å². The first kappa shape index (κ1) is 23.6. The molecular weight excluding hydrogens is 419 g/mol. The fourth-order valence-electron chi connectivity index (χ4n) is 3.41. The Morgan fingerprint density at radius 3 is 2.75 bits per heavy atom. The number of fused-ring (bicyclic) bond motifs is 1. The minimum Gasteiger partial charge on any atom is -0.492 e. The number of nitrogens with one attached hydrogen (secondary N) is 1. The van der Waals surface area contributed by atoms with Gasteiger partial charge in [-0.2, -0.15) is 0 Å². The molecule has 0 atom stereocenters. The molecule has 1 aromatic heterocycles. The highest BCUT2D eigenvalue weighted by molar-refractivity contribution is 6.31. The molecule has 0 saturated heterocycles. The standard InChI is InChI=1S/C26H26BClN2O2/c1-3-7-22(27)14-19(2)17-29-18-21-15-20-10-11-23(28)16-25(20)30(26(21)31)12-13-32-24-8-5-4-6-9-24/h3-11,14-16,29H,2,12-13,17-18H2,1H3/b7-3-,22-14+. The van der Waals surface area contributed by atoms with Crippen molar-refractivity contribution in [3.05, 3.63) is 111 Å². The number of nitrogens with zero attached hydrogens (tertiary/aromatic N) is 1. The zero-order valence-electron chi connectivity index (χ0n) is 18.2. The largest absolute Gasteiger partial charge is 0.492 e. The third kappa shape index (κ3) is 6.49. The predicted octanol–water partition coefficient (Wildman–Crippen LogP) is 5.01. The Labute approximate surface area is 195 Å². The van der Waals surface area contributed by atoms with Crippen molar-refractivity contribution in [2.45, 2.75) is 20.0 Å². The fourth-order valence-corrected chi connectivity index (χ4v) is 3.58. The van der Waals surface area contributed by atoms with E-state index in [9.17, 15) is 4.79 Å². The van der Waals surface area contributed by atoms with Crippen LogP contribution in [0.4, 0.5) is 0 Å². The van der Waals surface area contributed by atoms with Crippen LogP contribution in [0.5, 0.6) is 5.75 Å². The molecular formula is C26H26BClN2O2. The molecule has 2 radical (unpaired) electrons. The van der Waals surface area contributed by atoms with Crippen molar-refractivity contribution in [3.63, 3.8) is 0 Å². The molecule has 4 nitrogen and oxygen atoms in total. The summed E-state index contributed by atoms with van der Waals surface area (Å²) in [5.74, 6) is 0.768. The number of pyridine rings is 1. The number of halogens is 1. The molecule has 0 spiro atoms. The van der Waals surface area contributed by atoms with Crippen LogP contribution in [0.1, 0.15) is 12.5 Å². The first-order valence-corrected chi connectivity index (χ1v) is 10.8. The van der Waals surface area contributed by atoms with Crippen LogP contribution in [0.3, 0.4) is 0 Å². The zero-order valence-corrected chi connectivity index (χ0v) is 18.9. The third-order valence-electron chi connectivity index (χ3n) is 4.86. The summed E-state index contributed by atoms with van der Waals surface area (Å²) in [6.45, 7) is 7.63. The first-order chi connectivity index (χ1) is 15.5. The van der Waals surface area contributed by atoms with Gasteiger partial charge in [-0.3, -0.25) is 4.79 Å². The SMILES string of the molecule is [B]C(/C=C\C)=C/C(=C)CNCc1cc2ccc(Cl)cc2n(CCOc2ccccc2)c1=O. The average Bonchev–Trinajstić information content (AvgIpc) is 2.77. The minimum atomic E-state index is -0.0708. The number of benzene rings is 2. The number of ether oxygens (including phenoxy) is 1. The first-order valence-electron chi connectivity index (χ1n) is 10.5. The molecule has 0 amide bonds. The second-order valence-electron chi connectivity index (χ2n) is 7.40. The molecule has 0 aliphatic heterocycles. The van der Waals surface area contributed by atoms with Crippen LogP contribution in [0.15, 0.2) is 95.2 Å². The average molecular weight is 445 g/mol. The summed E-state index contributed by atoms with van der Waals surface area (Å²) in [5.41, 5.74) is 2.86. The van der Waals surface area contributed by atoms with Gasteiger partial charge in [0.25, 0.3) is 5.56 Å². The van der Waals surface area contributed by atoms with Crippen LogP contribution in [-0.4, -0.2) is 25.6 Å². The van der Waals surface area contributed by atoms with Gasteiger partial charge in [0, 0.05) is 23.7 Å². The normalized spacial score (nSPS) is 11.9. The number of allylic oxidation sites excluding steroid dienone is 3. The Bertz CT molecular complexity index is 1200. The van der Waals surface area contributed by atoms with Gasteiger partial charge in [0.05, 0.1) is 12.1 Å². The predicted molar refractivity (Wildman–Crippen MR) is 135 cm³/mol. The molecule has 3 rings (SSSR count). The van der Waals surface area contributed by atoms with Crippen LogP contribution in [0.25, 0.3) is 10.9 Å². The van der Waals surface area contributed by atoms with Crippen molar-refractivity contribution in [1.29, 1.82) is 0 Å². The van der Waals surface area contributed by atoms with Gasteiger partial charge in [-0.25, -0.2) is 0 Å². The molecule has 32 heavy (non-hydrogen) atoms. The Hall–Kier alpha value is -3.02. The quantitative estimate of drug-likeness (QED) is 0.353. The van der Waals surface area contributed by atoms with Crippen LogP contribution in [0, 0.1) is 0 Å². The van der Waals surface area contributed by atoms with E-state index in [0.717, 1.165) is 22.2 Å². The van der Waals surface area contributed by atoms with Gasteiger partial charge in [-0.05, 0) is 48.2 Å². The molecule has 162 valence electrons. The molecule has 0 unspecified atom stereocenters. The van der Waals surface area contributed by atoms with Gasteiger partial charge in [-0.15, -0.1) is 0 Å². The lowest BCUT2D eigenvalue weighted by Crippen LogP contribution is -2.29. The Morgan fingerprint density at radius 2 is 2.00 bits per heavy atom. The van der Waals surface area contributed by atoms with Crippen LogP contribution in [-0.2, 0) is 13.1 Å². The molecule has 2 aromatic carbocycles. The summed E-state index contributed by atoms with van der Waals surface area (Å²) in [7, 11) is 5.88. The highest BCUT2D eigenvalue weighted by Crippen LogP contribution is 2.19. The summed E-state index contributed by atoms with van der Waals surface area (Å²) in [6.07, 6.45) is 5.50. The topological polar surface area (TPSA) is 43.3 Å². The van der Waals surface area contributed by atoms with Gasteiger partial charge >= 0.3 is 0 Å². The zero-order chi connectivity index (χ0) is 22.9. The highest BCUT2D eigenvalue weighted by atomic mass is 35.5. The Balaban J connectivity index is 1.77. The van der Waals surface area contributed by atoms with E-state index < -0.39 is 0 Å². The van der Waals surface area contributed by atoms with Gasteiger partial charge in [0.15, 0.2) is 0 Å². The van der Waals surface area contributed by atoms with E-state index in [1.165, 1.54) is 0 Å². The van der Waals surface area contributed by atoms with Crippen molar-refractivity contribution in [3.8, 4) is 5.75 Å². The number of para-hydroxylation sites is 1. The number of hydrogen-bond donors (Lipinski definition) is 1. The lowest BCUT2D eigenvalue weighted by molar-refractivity contribution is 0.298. The number of rotatable bonds is 10. The summed E-state index contributed by atoms with van der Waals surface area (Å²) in [5, 5.41) is 4.81. The monoisotopic (exact) mass is 444 g/mol. The molecule has 1 heterocycles. The molecule has 0 saturated carbocycles. The van der Waals surface area contributed by atoms with E-state index in [-0.39, 0.29) is 5.56 Å². The van der Waals surface area contributed by atoms with Gasteiger partial charge in [0.2, 0.25) is 0 Å². The lowest BCUT2D eigenvalue weighted by atomic mass is 9.93. The molecule has 3 aromatic rings. The highest BCUT2D eigenvalue weighted by Gasteiger charge is 2.10. The maximum Gasteiger partial charge on any atom is 0.255 e. The molecule has 0 fully saturated rings. The van der Waals surface area contributed by atoms with Crippen LogP contribution in [0.2, 0.25) is 5.02 Å². The molecule has 0 bridgehead atoms. The summed E-state index contributed by atoms with van der Waals surface area (Å²) in [4.78, 5) is 13.2. The van der Waals surface area contributed by atoms with Crippen molar-refractivity contribution in [2.24, 2.45) is 0 Å². The number of aromatic nitrogens is 1. The second kappa shape index (κ2) is 11.6. The van der Waals surface area contributed by atoms with Crippen molar-refractivity contribution in [2.75, 3.05) is 13.2 Å². The lowest BCUT2D eigenvalue weighted by Gasteiger charge is -2.15. The summed E-state index contributed by atoms with van der Waals surface area (Å²) in [6, 6.07) is 17.0. The number of hydrogen-bond acceptors (Lipinski definition) is 3. The van der Waals surface area contributed by atoms with E-state index in [1.54, 1.807) is 4.57 Å². The van der Waals surface area contributed by atoms with Crippen LogP contribution >= 0.6 is 11.6 Å². The fraction of sp³-hybridized carbons (Fsp3) is 0.192. The van der Waals surface area contributed by atoms with Gasteiger partial charge < -0.3 is 14.6 Å².